The van der Waals surface area contributed by atoms with Crippen molar-refractivity contribution < 1.29 is 48.0 Å². The van der Waals surface area contributed by atoms with Crippen LogP contribution in [0.4, 0.5) is 10.5 Å². The molecule has 2 N–H and O–H groups in total. The molecule has 0 spiro atoms. The number of fused-ring (bicyclic) bond motifs is 5. The van der Waals surface area contributed by atoms with Crippen LogP contribution in [0.5, 0.6) is 5.75 Å². The molecule has 54 heavy (non-hydrogen) atoms. The van der Waals surface area contributed by atoms with E-state index in [4.69, 9.17) is 35.3 Å². The maximum Gasteiger partial charge on any atom is 0.409 e. The third-order valence-electron chi connectivity index (χ3n) is 10.6. The molecule has 4 rings (SSSR count). The van der Waals surface area contributed by atoms with Crippen LogP contribution in [0.2, 0.25) is 5.02 Å². The minimum Gasteiger partial charge on any atom is -0.495 e. The Labute approximate surface area is 329 Å². The highest BCUT2D eigenvalue weighted by molar-refractivity contribution is 7.81. The SMILES string of the molecule is COc1cc2cc(c1Cl)N(C)C(=O)C[C@H](OC(=O)[C@H](C)N(C)C(=O)CCC(C)(C)S)C[C@]1(C)O[C@H]1[C@H](C)[C@@H]1C[C@@](O)(NC(=O)O1)[C@H](OC)/C=C/C=C(\C)C2. The van der Waals surface area contributed by atoms with Gasteiger partial charge in [-0.2, -0.15) is 12.6 Å². The fraction of sp³-hybridized carbons (Fsp3) is 0.641. The van der Waals surface area contributed by atoms with Crippen molar-refractivity contribution in [2.75, 3.05) is 33.2 Å². The molecule has 0 aliphatic carbocycles. The summed E-state index contributed by atoms with van der Waals surface area (Å²) in [5, 5.41) is 14.5. The maximum absolute atomic E-state index is 14.1. The lowest BCUT2D eigenvalue weighted by Gasteiger charge is -2.42. The van der Waals surface area contributed by atoms with E-state index < -0.39 is 59.8 Å². The number of halogens is 1. The molecule has 4 bridgehead atoms. The predicted molar refractivity (Wildman–Crippen MR) is 208 cm³/mol. The van der Waals surface area contributed by atoms with Gasteiger partial charge in [-0.3, -0.25) is 14.9 Å². The Morgan fingerprint density at radius 3 is 2.56 bits per heavy atom. The van der Waals surface area contributed by atoms with Crippen molar-refractivity contribution in [3.63, 3.8) is 0 Å². The number of nitrogens with one attached hydrogen (secondary N) is 1. The first kappa shape index (κ1) is 43.4. The molecule has 3 aliphatic heterocycles. The fourth-order valence-corrected chi connectivity index (χ4v) is 7.49. The Kier molecular flexibility index (Phi) is 13.9. The third-order valence-corrected chi connectivity index (χ3v) is 11.2. The van der Waals surface area contributed by atoms with Gasteiger partial charge in [-0.25, -0.2) is 9.59 Å². The summed E-state index contributed by atoms with van der Waals surface area (Å²) in [5.41, 5.74) is -0.536. The Hall–Kier alpha value is -3.30. The van der Waals surface area contributed by atoms with Crippen molar-refractivity contribution in [1.82, 2.24) is 10.2 Å². The van der Waals surface area contributed by atoms with Crippen molar-refractivity contribution in [3.8, 4) is 5.75 Å². The molecule has 13 nitrogen and oxygen atoms in total. The van der Waals surface area contributed by atoms with Gasteiger partial charge in [0.1, 0.15) is 35.1 Å². The lowest BCUT2D eigenvalue weighted by Crippen LogP contribution is -2.63. The Bertz CT molecular complexity index is 1650. The van der Waals surface area contributed by atoms with Crippen LogP contribution in [0.15, 0.2) is 35.9 Å². The van der Waals surface area contributed by atoms with E-state index in [0.717, 1.165) is 11.1 Å². The van der Waals surface area contributed by atoms with E-state index in [0.29, 0.717) is 24.3 Å². The third kappa shape index (κ3) is 10.5. The van der Waals surface area contributed by atoms with E-state index in [2.05, 4.69) is 17.9 Å². The summed E-state index contributed by atoms with van der Waals surface area (Å²) in [6.45, 7) is 11.0. The van der Waals surface area contributed by atoms with Gasteiger partial charge in [0.2, 0.25) is 11.8 Å². The summed E-state index contributed by atoms with van der Waals surface area (Å²) in [5.74, 6) is -1.34. The molecule has 0 radical (unpaired) electrons. The zero-order valence-corrected chi connectivity index (χ0v) is 34.6. The highest BCUT2D eigenvalue weighted by Crippen LogP contribution is 2.48. The highest BCUT2D eigenvalue weighted by atomic mass is 35.5. The molecule has 8 atom stereocenters. The van der Waals surface area contributed by atoms with Crippen LogP contribution in [0, 0.1) is 5.92 Å². The van der Waals surface area contributed by atoms with Gasteiger partial charge < -0.3 is 38.6 Å². The normalized spacial score (nSPS) is 31.4. The van der Waals surface area contributed by atoms with Crippen LogP contribution in [0.25, 0.3) is 0 Å². The molecule has 3 amide bonds. The number of alkyl carbamates (subject to hydrolysis) is 1. The highest BCUT2D eigenvalue weighted by Gasteiger charge is 2.60. The molecule has 0 aromatic heterocycles. The lowest BCUT2D eigenvalue weighted by molar-refractivity contribution is -0.159. The van der Waals surface area contributed by atoms with Gasteiger partial charge in [-0.05, 0) is 51.3 Å². The van der Waals surface area contributed by atoms with Crippen molar-refractivity contribution in [2.45, 2.75) is 127 Å². The van der Waals surface area contributed by atoms with E-state index in [9.17, 15) is 24.3 Å². The number of esters is 1. The number of rotatable bonds is 8. The summed E-state index contributed by atoms with van der Waals surface area (Å²) >= 11 is 11.3. The van der Waals surface area contributed by atoms with Gasteiger partial charge in [0, 0.05) is 51.1 Å². The van der Waals surface area contributed by atoms with Gasteiger partial charge in [-0.15, -0.1) is 0 Å². The molecule has 2 saturated heterocycles. The predicted octanol–water partition coefficient (Wildman–Crippen LogP) is 5.39. The minimum absolute atomic E-state index is 0.00128. The zero-order valence-electron chi connectivity index (χ0n) is 32.9. The number of carbonyl (C=O) groups excluding carboxylic acids is 4. The number of likely N-dealkylation sites (N-methyl/N-ethyl adjacent to an activating group) is 1. The monoisotopic (exact) mass is 793 g/mol. The van der Waals surface area contributed by atoms with Crippen molar-refractivity contribution >= 4 is 53.8 Å². The second kappa shape index (κ2) is 17.2. The van der Waals surface area contributed by atoms with Crippen molar-refractivity contribution in [1.29, 1.82) is 0 Å². The molecule has 0 unspecified atom stereocenters. The summed E-state index contributed by atoms with van der Waals surface area (Å²) in [6, 6.07) is 2.65. The number of hydrogen-bond acceptors (Lipinski definition) is 11. The molecule has 3 heterocycles. The number of thiol groups is 1. The summed E-state index contributed by atoms with van der Waals surface area (Å²) in [7, 11) is 6.08. The largest absolute Gasteiger partial charge is 0.495 e. The molecule has 2 fully saturated rings. The number of hydrogen-bond donors (Lipinski definition) is 3. The maximum atomic E-state index is 14.1. The first-order valence-corrected chi connectivity index (χ1v) is 19.0. The van der Waals surface area contributed by atoms with Crippen LogP contribution < -0.4 is 15.0 Å². The number of methoxy groups -OCH3 is 2. The van der Waals surface area contributed by atoms with Crippen molar-refractivity contribution in [3.05, 3.63) is 46.5 Å². The van der Waals surface area contributed by atoms with Gasteiger partial charge in [-0.1, -0.05) is 56.2 Å². The Balaban J connectivity index is 1.71. The topological polar surface area (TPSA) is 156 Å². The number of anilines is 1. The smallest absolute Gasteiger partial charge is 0.409 e. The Morgan fingerprint density at radius 1 is 1.24 bits per heavy atom. The molecule has 300 valence electrons. The van der Waals surface area contributed by atoms with Crippen molar-refractivity contribution in [2.24, 2.45) is 5.92 Å². The number of nitrogens with zero attached hydrogens (tertiary/aromatic N) is 2. The van der Waals surface area contributed by atoms with Gasteiger partial charge in [0.15, 0.2) is 5.72 Å². The minimum atomic E-state index is -1.79. The summed E-state index contributed by atoms with van der Waals surface area (Å²) in [4.78, 5) is 56.3. The van der Waals surface area contributed by atoms with Crippen LogP contribution in [-0.2, 0) is 39.8 Å². The number of benzene rings is 1. The van der Waals surface area contributed by atoms with Crippen LogP contribution in [0.1, 0.15) is 79.2 Å². The molecular weight excluding hydrogens is 738 g/mol. The fourth-order valence-electron chi connectivity index (χ4n) is 7.07. The molecule has 0 saturated carbocycles. The molecule has 1 aromatic carbocycles. The van der Waals surface area contributed by atoms with Crippen LogP contribution in [-0.4, -0.2) is 109 Å². The van der Waals surface area contributed by atoms with E-state index in [1.165, 1.54) is 24.0 Å². The average Bonchev–Trinajstić information content (AvgIpc) is 3.76. The number of ether oxygens (including phenoxy) is 5. The number of epoxide rings is 1. The van der Waals surface area contributed by atoms with Gasteiger partial charge in [0.05, 0.1) is 30.9 Å². The molecular formula is C39H56ClN3O10S. The number of carbonyl (C=O) groups is 4. The molecule has 15 heteroatoms. The lowest BCUT2D eigenvalue weighted by atomic mass is 9.84. The second-order valence-electron chi connectivity index (χ2n) is 15.7. The molecule has 1 aromatic rings. The average molecular weight is 794 g/mol. The first-order chi connectivity index (χ1) is 25.1. The number of allylic oxidation sites excluding steroid dienone is 3. The van der Waals surface area contributed by atoms with E-state index in [-0.39, 0.29) is 47.3 Å². The van der Waals surface area contributed by atoms with Crippen LogP contribution >= 0.6 is 24.2 Å². The van der Waals surface area contributed by atoms with Gasteiger partial charge >= 0.3 is 12.1 Å². The van der Waals surface area contributed by atoms with Crippen LogP contribution in [0.3, 0.4) is 0 Å². The first-order valence-electron chi connectivity index (χ1n) is 18.2. The van der Waals surface area contributed by atoms with Gasteiger partial charge in [0.25, 0.3) is 0 Å². The van der Waals surface area contributed by atoms with E-state index >= 15 is 0 Å². The quantitative estimate of drug-likeness (QED) is 0.177. The zero-order chi connectivity index (χ0) is 40.3. The van der Waals surface area contributed by atoms with E-state index in [1.54, 1.807) is 45.3 Å². The standard InChI is InChI=1S/C39H56ClN3O10S/c1-22-12-11-13-30(50-10)39(48)21-29(52-36(47)41-39)23(2)34-38(6,53-34)20-26(51-35(46)24(3)42(7)31(44)14-15-37(4,5)54)19-32(45)43(8)27-17-25(16-22)18-28(49-9)33(27)40/h11-13,17-18,23-24,26,29-30,34,48,54H,14-16,19-21H2,1-10H3,(H,41,47)/b13-11+,22-12+/t23-,24+,26+,29+,30-,34+,38+,39+/m1/s1. The number of aliphatic hydroxyl groups is 1. The van der Waals surface area contributed by atoms with E-state index in [1.807, 2.05) is 40.7 Å². The Morgan fingerprint density at radius 2 is 1.93 bits per heavy atom. The second-order valence-corrected chi connectivity index (χ2v) is 17.3. The summed E-state index contributed by atoms with van der Waals surface area (Å²) in [6.07, 6.45) is 2.39. The number of amides is 3. The molecule has 3 aliphatic rings. The summed E-state index contributed by atoms with van der Waals surface area (Å²) < 4.78 is 28.8.